The first kappa shape index (κ1) is 15.9. The molecule has 2 N–H and O–H groups in total. The van der Waals surface area contributed by atoms with E-state index in [0.717, 1.165) is 21.6 Å². The maximum Gasteiger partial charge on any atom is 0.0580 e. The molecule has 2 aromatic carbocycles. The topological polar surface area (TPSA) is 43.1 Å². The molecule has 0 fully saturated rings. The van der Waals surface area contributed by atoms with Gasteiger partial charge >= 0.3 is 0 Å². The Morgan fingerprint density at radius 3 is 2.14 bits per heavy atom. The summed E-state index contributed by atoms with van der Waals surface area (Å²) >= 11 is 0. The Hall–Kier alpha value is -1.45. The predicted octanol–water partition coefficient (Wildman–Crippen LogP) is 3.81. The van der Waals surface area contributed by atoms with E-state index in [1.54, 1.807) is 0 Å². The molecule has 0 radical (unpaired) electrons. The molecule has 0 heterocycles. The minimum atomic E-state index is -1.11. The molecule has 2 aromatic rings. The molecule has 21 heavy (non-hydrogen) atoms. The van der Waals surface area contributed by atoms with Crippen molar-refractivity contribution in [3.8, 4) is 0 Å². The van der Waals surface area contributed by atoms with Crippen LogP contribution in [0.3, 0.4) is 0 Å². The lowest BCUT2D eigenvalue weighted by Crippen LogP contribution is -2.28. The van der Waals surface area contributed by atoms with Crippen molar-refractivity contribution in [2.45, 2.75) is 43.9 Å². The quantitative estimate of drug-likeness (QED) is 0.933. The van der Waals surface area contributed by atoms with E-state index >= 15 is 0 Å². The lowest BCUT2D eigenvalue weighted by Gasteiger charge is -2.21. The van der Waals surface area contributed by atoms with E-state index in [4.69, 9.17) is 5.73 Å². The van der Waals surface area contributed by atoms with Crippen molar-refractivity contribution < 1.29 is 4.21 Å². The molecule has 0 aliphatic heterocycles. The van der Waals surface area contributed by atoms with Crippen LogP contribution in [0.15, 0.2) is 47.4 Å². The fourth-order valence-electron chi connectivity index (χ4n) is 2.32. The van der Waals surface area contributed by atoms with Gasteiger partial charge in [0.2, 0.25) is 0 Å². The summed E-state index contributed by atoms with van der Waals surface area (Å²) in [4.78, 5) is 0.894. The molecule has 0 amide bonds. The van der Waals surface area contributed by atoms with Gasteiger partial charge in [0.05, 0.1) is 16.0 Å². The van der Waals surface area contributed by atoms with Gasteiger partial charge in [-0.2, -0.15) is 0 Å². The smallest absolute Gasteiger partial charge is 0.0580 e. The van der Waals surface area contributed by atoms with Crippen LogP contribution in [0.2, 0.25) is 0 Å². The fourth-order valence-corrected chi connectivity index (χ4v) is 3.83. The molecule has 0 bridgehead atoms. The molecule has 112 valence electrons. The Kier molecular flexibility index (Phi) is 4.96. The summed E-state index contributed by atoms with van der Waals surface area (Å²) < 4.78 is 12.8. The molecule has 3 heteroatoms. The molecule has 3 atom stereocenters. The van der Waals surface area contributed by atoms with Crippen molar-refractivity contribution in [1.29, 1.82) is 0 Å². The third-order valence-electron chi connectivity index (χ3n) is 3.87. The van der Waals surface area contributed by atoms with Crippen LogP contribution < -0.4 is 5.73 Å². The highest BCUT2D eigenvalue weighted by Gasteiger charge is 2.23. The zero-order chi connectivity index (χ0) is 15.6. The Morgan fingerprint density at radius 2 is 1.52 bits per heavy atom. The van der Waals surface area contributed by atoms with Crippen molar-refractivity contribution in [2.24, 2.45) is 5.73 Å². The Bertz CT molecular complexity index is 649. The highest BCUT2D eigenvalue weighted by Crippen LogP contribution is 2.25. The summed E-state index contributed by atoms with van der Waals surface area (Å²) in [5, 5.41) is -0.131. The molecular weight excluding hydrogens is 278 g/mol. The second kappa shape index (κ2) is 6.54. The van der Waals surface area contributed by atoms with Gasteiger partial charge in [0, 0.05) is 10.9 Å². The Labute approximate surface area is 129 Å². The highest BCUT2D eigenvalue weighted by atomic mass is 32.2. The lowest BCUT2D eigenvalue weighted by molar-refractivity contribution is 0.642. The van der Waals surface area contributed by atoms with Crippen molar-refractivity contribution in [1.82, 2.24) is 0 Å². The van der Waals surface area contributed by atoms with Gasteiger partial charge in [-0.3, -0.25) is 4.21 Å². The average Bonchev–Trinajstić information content (AvgIpc) is 2.48. The molecule has 0 spiro atoms. The first-order chi connectivity index (χ1) is 9.90. The Morgan fingerprint density at radius 1 is 0.952 bits per heavy atom. The molecule has 2 nitrogen and oxygen atoms in total. The highest BCUT2D eigenvalue weighted by molar-refractivity contribution is 7.85. The van der Waals surface area contributed by atoms with Gasteiger partial charge in [-0.05, 0) is 50.5 Å². The second-order valence-corrected chi connectivity index (χ2v) is 7.49. The van der Waals surface area contributed by atoms with Crippen LogP contribution in [0.4, 0.5) is 0 Å². The van der Waals surface area contributed by atoms with Gasteiger partial charge in [-0.15, -0.1) is 0 Å². The van der Waals surface area contributed by atoms with Crippen molar-refractivity contribution in [2.75, 3.05) is 0 Å². The number of hydrogen-bond donors (Lipinski definition) is 1. The number of benzene rings is 2. The van der Waals surface area contributed by atoms with E-state index < -0.39 is 10.8 Å². The van der Waals surface area contributed by atoms with Crippen LogP contribution in [0, 0.1) is 20.8 Å². The summed E-state index contributed by atoms with van der Waals surface area (Å²) in [5.41, 5.74) is 10.7. The summed E-state index contributed by atoms with van der Waals surface area (Å²) in [6.45, 7) is 8.02. The first-order valence-corrected chi connectivity index (χ1v) is 8.41. The standard InChI is InChI=1S/C18H23NOS/c1-12-6-9-16(10-7-12)18(19)15(4)21(20)17-11-13(2)5-8-14(17)3/h5-11,15,18H,19H2,1-4H3. The molecule has 0 aromatic heterocycles. The van der Waals surface area contributed by atoms with E-state index in [1.165, 1.54) is 5.56 Å². The summed E-state index contributed by atoms with van der Waals surface area (Å²) in [5.74, 6) is 0. The fraction of sp³-hybridized carbons (Fsp3) is 0.333. The zero-order valence-corrected chi connectivity index (χ0v) is 13.9. The summed E-state index contributed by atoms with van der Waals surface area (Å²) in [6.07, 6.45) is 0. The van der Waals surface area contributed by atoms with Gasteiger partial charge in [-0.1, -0.05) is 42.0 Å². The minimum absolute atomic E-state index is 0.131. The van der Waals surface area contributed by atoms with Crippen LogP contribution in [-0.4, -0.2) is 9.46 Å². The number of aryl methyl sites for hydroxylation is 3. The molecular formula is C18H23NOS. The van der Waals surface area contributed by atoms with Crippen molar-refractivity contribution in [3.63, 3.8) is 0 Å². The van der Waals surface area contributed by atoms with Crippen LogP contribution in [0.5, 0.6) is 0 Å². The maximum absolute atomic E-state index is 12.8. The van der Waals surface area contributed by atoms with E-state index in [1.807, 2.05) is 70.2 Å². The molecule has 0 saturated heterocycles. The van der Waals surface area contributed by atoms with E-state index in [2.05, 4.69) is 0 Å². The summed E-state index contributed by atoms with van der Waals surface area (Å²) in [6, 6.07) is 14.0. The summed E-state index contributed by atoms with van der Waals surface area (Å²) in [7, 11) is -1.11. The SMILES string of the molecule is Cc1ccc(C(N)C(C)S(=O)c2cc(C)ccc2C)cc1. The first-order valence-electron chi connectivity index (χ1n) is 7.20. The predicted molar refractivity (Wildman–Crippen MR) is 89.9 cm³/mol. The second-order valence-electron chi connectivity index (χ2n) is 5.71. The molecule has 2 rings (SSSR count). The monoisotopic (exact) mass is 301 g/mol. The normalized spacial score (nSPS) is 15.5. The van der Waals surface area contributed by atoms with Gasteiger partial charge in [0.15, 0.2) is 0 Å². The van der Waals surface area contributed by atoms with Gasteiger partial charge in [0.25, 0.3) is 0 Å². The number of nitrogens with two attached hydrogens (primary N) is 1. The zero-order valence-electron chi connectivity index (χ0n) is 13.1. The largest absolute Gasteiger partial charge is 0.323 e. The minimum Gasteiger partial charge on any atom is -0.323 e. The van der Waals surface area contributed by atoms with Crippen LogP contribution >= 0.6 is 0 Å². The van der Waals surface area contributed by atoms with E-state index in [9.17, 15) is 4.21 Å². The molecule has 0 aliphatic rings. The van der Waals surface area contributed by atoms with Crippen LogP contribution in [-0.2, 0) is 10.8 Å². The maximum atomic E-state index is 12.8. The third-order valence-corrected chi connectivity index (χ3v) is 5.71. The van der Waals surface area contributed by atoms with Gasteiger partial charge in [0.1, 0.15) is 0 Å². The number of hydrogen-bond acceptors (Lipinski definition) is 2. The molecule has 3 unspecified atom stereocenters. The third kappa shape index (κ3) is 3.60. The van der Waals surface area contributed by atoms with Crippen molar-refractivity contribution >= 4 is 10.8 Å². The van der Waals surface area contributed by atoms with Gasteiger partial charge in [-0.25, -0.2) is 0 Å². The van der Waals surface area contributed by atoms with Crippen molar-refractivity contribution in [3.05, 3.63) is 64.7 Å². The van der Waals surface area contributed by atoms with Crippen LogP contribution in [0.25, 0.3) is 0 Å². The van der Waals surface area contributed by atoms with Gasteiger partial charge < -0.3 is 5.73 Å². The molecule has 0 aliphatic carbocycles. The van der Waals surface area contributed by atoms with Crippen LogP contribution in [0.1, 0.15) is 35.2 Å². The lowest BCUT2D eigenvalue weighted by atomic mass is 10.0. The molecule has 0 saturated carbocycles. The Balaban J connectivity index is 2.26. The average molecular weight is 301 g/mol. The van der Waals surface area contributed by atoms with E-state index in [-0.39, 0.29) is 11.3 Å². The number of rotatable bonds is 4. The van der Waals surface area contributed by atoms with E-state index in [0.29, 0.717) is 0 Å².